The Morgan fingerprint density at radius 1 is 0.842 bits per heavy atom. The molecule has 0 radical (unpaired) electrons. The first kappa shape index (κ1) is 30.7. The highest BCUT2D eigenvalue weighted by Gasteiger charge is 2.46. The number of hydrogen-bond donors (Lipinski definition) is 2. The number of fused-ring (bicyclic) bond motifs is 1. The van der Waals surface area contributed by atoms with Crippen molar-refractivity contribution in [1.82, 2.24) is 0 Å². The van der Waals surface area contributed by atoms with Crippen molar-refractivity contribution in [3.8, 4) is 28.7 Å². The maximum atomic E-state index is 13.4. The summed E-state index contributed by atoms with van der Waals surface area (Å²) in [6.45, 7) is 3.69. The van der Waals surface area contributed by atoms with Crippen molar-refractivity contribution < 1.29 is 55.5 Å². The van der Waals surface area contributed by atoms with E-state index in [9.17, 15) is 9.59 Å². The van der Waals surface area contributed by atoms with E-state index >= 15 is 0 Å². The van der Waals surface area contributed by atoms with Gasteiger partial charge in [-0.2, -0.15) is 8.42 Å². The summed E-state index contributed by atoms with van der Waals surface area (Å²) >= 11 is 0. The number of carbonyl (C=O) groups excluding carboxylic acids is 2. The SMILES string of the molecule is CCOC(=O)C1C(C)C(=O)c2cc(OC)c(OC)cc2C1c1cc(OC)c(OC)c(OC)c1.O=S(=O)(O)O. The van der Waals surface area contributed by atoms with Gasteiger partial charge in [0, 0.05) is 17.4 Å². The third-order valence-corrected chi connectivity index (χ3v) is 6.07. The smallest absolute Gasteiger partial charge is 0.394 e. The van der Waals surface area contributed by atoms with Crippen LogP contribution in [0.1, 0.15) is 41.3 Å². The highest BCUT2D eigenvalue weighted by Crippen LogP contribution is 2.50. The normalized spacial score (nSPS) is 18.3. The minimum Gasteiger partial charge on any atom is -0.493 e. The molecule has 0 bridgehead atoms. The van der Waals surface area contributed by atoms with Crippen LogP contribution in [-0.4, -0.2) is 71.4 Å². The van der Waals surface area contributed by atoms with Crippen molar-refractivity contribution in [3.05, 3.63) is 41.0 Å². The molecule has 3 rings (SSSR count). The molecule has 0 saturated heterocycles. The van der Waals surface area contributed by atoms with Crippen molar-refractivity contribution in [1.29, 1.82) is 0 Å². The number of rotatable bonds is 8. The van der Waals surface area contributed by atoms with E-state index in [2.05, 4.69) is 0 Å². The summed E-state index contributed by atoms with van der Waals surface area (Å²) in [5, 5.41) is 0. The minimum atomic E-state index is -4.67. The van der Waals surface area contributed by atoms with Gasteiger partial charge in [0.05, 0.1) is 48.1 Å². The second-order valence-electron chi connectivity index (χ2n) is 8.11. The van der Waals surface area contributed by atoms with Gasteiger partial charge >= 0.3 is 16.4 Å². The van der Waals surface area contributed by atoms with Crippen molar-refractivity contribution in [2.24, 2.45) is 11.8 Å². The third-order valence-electron chi connectivity index (χ3n) is 6.07. The van der Waals surface area contributed by atoms with Gasteiger partial charge in [0.1, 0.15) is 0 Å². The summed E-state index contributed by atoms with van der Waals surface area (Å²) in [4.78, 5) is 26.5. The zero-order valence-electron chi connectivity index (χ0n) is 22.1. The van der Waals surface area contributed by atoms with Gasteiger partial charge in [0.15, 0.2) is 28.8 Å². The van der Waals surface area contributed by atoms with Gasteiger partial charge in [-0.25, -0.2) is 0 Å². The van der Waals surface area contributed by atoms with Crippen LogP contribution in [0.15, 0.2) is 24.3 Å². The number of methoxy groups -OCH3 is 5. The molecule has 0 spiro atoms. The lowest BCUT2D eigenvalue weighted by molar-refractivity contribution is -0.150. The maximum Gasteiger partial charge on any atom is 0.394 e. The van der Waals surface area contributed by atoms with Gasteiger partial charge in [-0.3, -0.25) is 18.7 Å². The molecule has 0 aromatic heterocycles. The first-order chi connectivity index (χ1) is 17.9. The Kier molecular flexibility index (Phi) is 10.3. The van der Waals surface area contributed by atoms with Crippen LogP contribution in [0.5, 0.6) is 28.7 Å². The zero-order chi connectivity index (χ0) is 28.8. The van der Waals surface area contributed by atoms with Gasteiger partial charge in [-0.15, -0.1) is 0 Å². The Labute approximate surface area is 221 Å². The summed E-state index contributed by atoms with van der Waals surface area (Å²) < 4.78 is 64.4. The summed E-state index contributed by atoms with van der Waals surface area (Å²) in [6, 6.07) is 7.00. The van der Waals surface area contributed by atoms with Gasteiger partial charge < -0.3 is 28.4 Å². The standard InChI is InChI=1S/C25H30O8.H2O4S/c1-8-33-25(27)21-13(2)23(26)16-12-18(29-4)17(28-3)11-15(16)22(21)14-9-19(30-5)24(32-7)20(10-14)31-6;1-5(2,3)4/h9-13,21-22H,8H2,1-7H3;(H2,1,2,3,4). The molecule has 0 heterocycles. The molecule has 2 aromatic rings. The topological polar surface area (TPSA) is 164 Å². The van der Waals surface area contributed by atoms with Crippen LogP contribution >= 0.6 is 0 Å². The summed E-state index contributed by atoms with van der Waals surface area (Å²) in [7, 11) is 2.95. The molecule has 0 saturated carbocycles. The van der Waals surface area contributed by atoms with E-state index in [1.165, 1.54) is 35.5 Å². The summed E-state index contributed by atoms with van der Waals surface area (Å²) in [5.74, 6) is -0.297. The largest absolute Gasteiger partial charge is 0.493 e. The van der Waals surface area contributed by atoms with Crippen LogP contribution in [0.3, 0.4) is 0 Å². The third kappa shape index (κ3) is 6.65. The number of benzene rings is 2. The predicted octanol–water partition coefficient (Wildman–Crippen LogP) is 3.22. The highest BCUT2D eigenvalue weighted by molar-refractivity contribution is 7.79. The van der Waals surface area contributed by atoms with E-state index in [-0.39, 0.29) is 12.4 Å². The molecule has 0 fully saturated rings. The molecule has 2 N–H and O–H groups in total. The first-order valence-electron chi connectivity index (χ1n) is 11.3. The number of hydrogen-bond acceptors (Lipinski definition) is 10. The van der Waals surface area contributed by atoms with Crippen molar-refractivity contribution >= 4 is 22.2 Å². The van der Waals surface area contributed by atoms with Gasteiger partial charge in [-0.05, 0) is 42.3 Å². The van der Waals surface area contributed by atoms with E-state index in [1.807, 2.05) is 0 Å². The molecule has 2 aromatic carbocycles. The lowest BCUT2D eigenvalue weighted by Gasteiger charge is -2.36. The van der Waals surface area contributed by atoms with Crippen molar-refractivity contribution in [2.45, 2.75) is 19.8 Å². The molecule has 210 valence electrons. The van der Waals surface area contributed by atoms with E-state index in [0.717, 1.165) is 5.56 Å². The van der Waals surface area contributed by atoms with Crippen LogP contribution in [-0.2, 0) is 19.9 Å². The molecule has 3 unspecified atom stereocenters. The Morgan fingerprint density at radius 3 is 1.74 bits per heavy atom. The lowest BCUT2D eigenvalue weighted by atomic mass is 9.66. The number of Topliss-reactive ketones (excluding diaryl/α,β-unsaturated/α-hetero) is 1. The predicted molar refractivity (Wildman–Crippen MR) is 135 cm³/mol. The quantitative estimate of drug-likeness (QED) is 0.361. The van der Waals surface area contributed by atoms with E-state index in [4.69, 9.17) is 45.9 Å². The molecule has 13 heteroatoms. The molecule has 38 heavy (non-hydrogen) atoms. The zero-order valence-corrected chi connectivity index (χ0v) is 23.0. The monoisotopic (exact) mass is 556 g/mol. The molecule has 12 nitrogen and oxygen atoms in total. The fourth-order valence-corrected chi connectivity index (χ4v) is 4.50. The van der Waals surface area contributed by atoms with Gasteiger partial charge in [0.2, 0.25) is 5.75 Å². The van der Waals surface area contributed by atoms with Gasteiger partial charge in [0.25, 0.3) is 0 Å². The maximum absolute atomic E-state index is 13.4. The second-order valence-corrected chi connectivity index (χ2v) is 9.01. The molecular weight excluding hydrogens is 524 g/mol. The van der Waals surface area contributed by atoms with Crippen molar-refractivity contribution in [2.75, 3.05) is 42.2 Å². The molecular formula is C25H32O12S. The van der Waals surface area contributed by atoms with E-state index < -0.39 is 34.1 Å². The summed E-state index contributed by atoms with van der Waals surface area (Å²) in [5.41, 5.74) is 1.83. The van der Waals surface area contributed by atoms with Crippen LogP contribution < -0.4 is 23.7 Å². The average molecular weight is 557 g/mol. The van der Waals surface area contributed by atoms with E-state index in [0.29, 0.717) is 39.9 Å². The number of ether oxygens (including phenoxy) is 6. The fraction of sp³-hybridized carbons (Fsp3) is 0.440. The lowest BCUT2D eigenvalue weighted by Crippen LogP contribution is -2.39. The Bertz CT molecular complexity index is 1240. The Hall–Kier alpha value is -3.55. The molecule has 1 aliphatic rings. The van der Waals surface area contributed by atoms with Crippen LogP contribution in [0, 0.1) is 11.8 Å². The Morgan fingerprint density at radius 2 is 1.32 bits per heavy atom. The Balaban J connectivity index is 0.000000926. The molecule has 3 atom stereocenters. The molecule has 0 amide bonds. The number of esters is 1. The molecule has 1 aliphatic carbocycles. The van der Waals surface area contributed by atoms with Crippen LogP contribution in [0.2, 0.25) is 0 Å². The summed E-state index contributed by atoms with van der Waals surface area (Å²) in [6.07, 6.45) is 0. The van der Waals surface area contributed by atoms with Crippen LogP contribution in [0.4, 0.5) is 0 Å². The average Bonchev–Trinajstić information content (AvgIpc) is 2.87. The van der Waals surface area contributed by atoms with Gasteiger partial charge in [-0.1, -0.05) is 6.92 Å². The fourth-order valence-electron chi connectivity index (χ4n) is 4.50. The van der Waals surface area contributed by atoms with E-state index in [1.54, 1.807) is 38.1 Å². The highest BCUT2D eigenvalue weighted by atomic mass is 32.3. The number of ketones is 1. The van der Waals surface area contributed by atoms with Crippen molar-refractivity contribution in [3.63, 3.8) is 0 Å². The molecule has 0 aliphatic heterocycles. The number of carbonyl (C=O) groups is 2. The first-order valence-corrected chi connectivity index (χ1v) is 12.7. The second kappa shape index (κ2) is 12.8. The van der Waals surface area contributed by atoms with Crippen LogP contribution in [0.25, 0.3) is 0 Å². The minimum absolute atomic E-state index is 0.160.